The van der Waals surface area contributed by atoms with Gasteiger partial charge in [-0.05, 0) is 38.0 Å². The fourth-order valence-electron chi connectivity index (χ4n) is 3.58. The van der Waals surface area contributed by atoms with Gasteiger partial charge in [-0.25, -0.2) is 4.39 Å². The second kappa shape index (κ2) is 8.06. The maximum Gasteiger partial charge on any atom is 0.223 e. The Morgan fingerprint density at radius 3 is 2.93 bits per heavy atom. The Morgan fingerprint density at radius 1 is 1.34 bits per heavy atom. The molecule has 0 spiro atoms. The zero-order valence-corrected chi connectivity index (χ0v) is 16.6. The van der Waals surface area contributed by atoms with E-state index in [2.05, 4.69) is 15.6 Å². The molecule has 1 aromatic carbocycles. The van der Waals surface area contributed by atoms with Gasteiger partial charge >= 0.3 is 0 Å². The number of fused-ring (bicyclic) bond motifs is 1. The van der Waals surface area contributed by atoms with Gasteiger partial charge < -0.3 is 14.7 Å². The number of hydrogen-bond donors (Lipinski definition) is 1. The highest BCUT2D eigenvalue weighted by molar-refractivity contribution is 5.77. The molecule has 0 radical (unpaired) electrons. The summed E-state index contributed by atoms with van der Waals surface area (Å²) in [7, 11) is 0. The van der Waals surface area contributed by atoms with Crippen LogP contribution in [0.1, 0.15) is 35.9 Å². The number of carbonyl (C=O) groups excluding carboxylic acids is 1. The fraction of sp³-hybridized carbons (Fsp3) is 0.381. The lowest BCUT2D eigenvalue weighted by Gasteiger charge is -2.26. The first-order chi connectivity index (χ1) is 14.0. The fourth-order valence-corrected chi connectivity index (χ4v) is 3.58. The highest BCUT2D eigenvalue weighted by Crippen LogP contribution is 2.29. The number of nitrogens with zero attached hydrogens (tertiary/aromatic N) is 4. The van der Waals surface area contributed by atoms with Gasteiger partial charge in [-0.1, -0.05) is 17.3 Å². The molecule has 1 aliphatic heterocycles. The van der Waals surface area contributed by atoms with Gasteiger partial charge in [0.05, 0.1) is 23.5 Å². The Labute approximate surface area is 168 Å². The lowest BCUT2D eigenvalue weighted by Crippen LogP contribution is -2.35. The van der Waals surface area contributed by atoms with Gasteiger partial charge in [-0.3, -0.25) is 9.48 Å². The predicted octanol–water partition coefficient (Wildman–Crippen LogP) is 3.60. The van der Waals surface area contributed by atoms with Crippen LogP contribution in [0.25, 0.3) is 0 Å². The summed E-state index contributed by atoms with van der Waals surface area (Å²) in [5, 5.41) is 11.5. The molecule has 29 heavy (non-hydrogen) atoms. The van der Waals surface area contributed by atoms with E-state index in [1.165, 1.54) is 6.07 Å². The summed E-state index contributed by atoms with van der Waals surface area (Å²) in [5.41, 5.74) is 3.21. The van der Waals surface area contributed by atoms with Gasteiger partial charge in [0.1, 0.15) is 11.6 Å². The molecule has 0 bridgehead atoms. The van der Waals surface area contributed by atoms with Crippen LogP contribution in [0.5, 0.6) is 0 Å². The van der Waals surface area contributed by atoms with Crippen LogP contribution in [0, 0.1) is 12.7 Å². The lowest BCUT2D eigenvalue weighted by molar-refractivity contribution is -0.132. The van der Waals surface area contributed by atoms with Gasteiger partial charge in [0.15, 0.2) is 5.82 Å². The van der Waals surface area contributed by atoms with Crippen molar-refractivity contribution in [2.24, 2.45) is 0 Å². The predicted molar refractivity (Wildman–Crippen MR) is 106 cm³/mol. The normalized spacial score (nSPS) is 13.4. The maximum absolute atomic E-state index is 13.9. The van der Waals surface area contributed by atoms with Crippen LogP contribution in [0.3, 0.4) is 0 Å². The molecule has 1 amide bonds. The number of nitrogens with one attached hydrogen (secondary N) is 1. The second-order valence-corrected chi connectivity index (χ2v) is 7.20. The number of hydrogen-bond acceptors (Lipinski definition) is 5. The minimum Gasteiger partial charge on any atom is -0.359 e. The van der Waals surface area contributed by atoms with E-state index in [-0.39, 0.29) is 11.7 Å². The molecule has 4 rings (SSSR count). The number of amides is 1. The summed E-state index contributed by atoms with van der Waals surface area (Å²) in [6.07, 6.45) is 3.69. The topological polar surface area (TPSA) is 76.2 Å². The average Bonchev–Trinajstić information content (AvgIpc) is 3.30. The summed E-state index contributed by atoms with van der Waals surface area (Å²) < 4.78 is 21.2. The Morgan fingerprint density at radius 2 is 2.17 bits per heavy atom. The van der Waals surface area contributed by atoms with Crippen molar-refractivity contribution in [2.45, 2.75) is 46.2 Å². The molecule has 0 fully saturated rings. The first-order valence-electron chi connectivity index (χ1n) is 9.84. The SMILES string of the molecule is CCn1cc(CCC(=O)N2CCc3onc(Nc4ccccc4F)c3C2)c(C)n1. The quantitative estimate of drug-likeness (QED) is 0.688. The average molecular weight is 397 g/mol. The highest BCUT2D eigenvalue weighted by atomic mass is 19.1. The monoisotopic (exact) mass is 397 g/mol. The number of carbonyl (C=O) groups is 1. The van der Waals surface area contributed by atoms with Crippen molar-refractivity contribution < 1.29 is 13.7 Å². The minimum atomic E-state index is -0.365. The molecule has 1 N–H and O–H groups in total. The number of para-hydroxylation sites is 1. The molecule has 8 heteroatoms. The Hall–Kier alpha value is -3.16. The van der Waals surface area contributed by atoms with Gasteiger partial charge in [0, 0.05) is 32.1 Å². The molecule has 1 aliphatic rings. The third-order valence-corrected chi connectivity index (χ3v) is 5.29. The smallest absolute Gasteiger partial charge is 0.223 e. The van der Waals surface area contributed by atoms with Crippen molar-refractivity contribution in [3.05, 3.63) is 58.9 Å². The number of aromatic nitrogens is 3. The van der Waals surface area contributed by atoms with Crippen molar-refractivity contribution >= 4 is 17.4 Å². The van der Waals surface area contributed by atoms with E-state index in [1.54, 1.807) is 18.2 Å². The van der Waals surface area contributed by atoms with Crippen molar-refractivity contribution in [2.75, 3.05) is 11.9 Å². The third-order valence-electron chi connectivity index (χ3n) is 5.29. The molecule has 3 heterocycles. The van der Waals surface area contributed by atoms with Crippen LogP contribution < -0.4 is 5.32 Å². The molecular weight excluding hydrogens is 373 g/mol. The van der Waals surface area contributed by atoms with E-state index in [1.807, 2.05) is 29.6 Å². The number of benzene rings is 1. The van der Waals surface area contributed by atoms with Crippen molar-refractivity contribution in [3.63, 3.8) is 0 Å². The summed E-state index contributed by atoms with van der Waals surface area (Å²) in [5.74, 6) is 0.920. The zero-order valence-electron chi connectivity index (χ0n) is 16.6. The minimum absolute atomic E-state index is 0.0809. The van der Waals surface area contributed by atoms with E-state index in [9.17, 15) is 9.18 Å². The van der Waals surface area contributed by atoms with Crippen LogP contribution in [-0.4, -0.2) is 32.3 Å². The second-order valence-electron chi connectivity index (χ2n) is 7.20. The Kier molecular flexibility index (Phi) is 5.33. The third kappa shape index (κ3) is 4.01. The highest BCUT2D eigenvalue weighted by Gasteiger charge is 2.27. The van der Waals surface area contributed by atoms with E-state index in [4.69, 9.17) is 4.52 Å². The first kappa shape index (κ1) is 19.2. The van der Waals surface area contributed by atoms with E-state index < -0.39 is 0 Å². The van der Waals surface area contributed by atoms with Crippen LogP contribution in [0.2, 0.25) is 0 Å². The molecule has 0 saturated heterocycles. The molecule has 2 aromatic heterocycles. The van der Waals surface area contributed by atoms with E-state index in [0.29, 0.717) is 43.9 Å². The van der Waals surface area contributed by atoms with Gasteiger partial charge in [-0.2, -0.15) is 5.10 Å². The van der Waals surface area contributed by atoms with Crippen LogP contribution in [-0.2, 0) is 30.7 Å². The maximum atomic E-state index is 13.9. The van der Waals surface area contributed by atoms with E-state index in [0.717, 1.165) is 29.1 Å². The number of rotatable bonds is 6. The Bertz CT molecular complexity index is 1030. The van der Waals surface area contributed by atoms with Crippen LogP contribution in [0.4, 0.5) is 15.9 Å². The van der Waals surface area contributed by atoms with Gasteiger partial charge in [0.2, 0.25) is 5.91 Å². The molecule has 3 aromatic rings. The molecule has 0 saturated carbocycles. The zero-order chi connectivity index (χ0) is 20.4. The van der Waals surface area contributed by atoms with Crippen molar-refractivity contribution in [1.29, 1.82) is 0 Å². The summed E-state index contributed by atoms with van der Waals surface area (Å²) >= 11 is 0. The largest absolute Gasteiger partial charge is 0.359 e. The molecule has 0 aliphatic carbocycles. The van der Waals surface area contributed by atoms with Crippen molar-refractivity contribution in [3.8, 4) is 0 Å². The van der Waals surface area contributed by atoms with Gasteiger partial charge in [0.25, 0.3) is 0 Å². The van der Waals surface area contributed by atoms with Crippen LogP contribution >= 0.6 is 0 Å². The standard InChI is InChI=1S/C21H24FN5O2/c1-3-27-12-15(14(2)24-27)8-9-20(28)26-11-10-19-16(13-26)21(25-29-19)23-18-7-5-4-6-17(18)22/h4-7,12H,3,8-11,13H2,1-2H3,(H,23,25). The number of aryl methyl sites for hydroxylation is 3. The molecule has 7 nitrogen and oxygen atoms in total. The Balaban J connectivity index is 1.42. The molecule has 0 atom stereocenters. The first-order valence-corrected chi connectivity index (χ1v) is 9.84. The number of anilines is 2. The summed E-state index contributed by atoms with van der Waals surface area (Å²) in [4.78, 5) is 14.6. The summed E-state index contributed by atoms with van der Waals surface area (Å²) in [6.45, 7) is 5.82. The number of halogens is 1. The van der Waals surface area contributed by atoms with Gasteiger partial charge in [-0.15, -0.1) is 0 Å². The van der Waals surface area contributed by atoms with Crippen LogP contribution in [0.15, 0.2) is 35.0 Å². The van der Waals surface area contributed by atoms with E-state index >= 15 is 0 Å². The molecule has 152 valence electrons. The summed E-state index contributed by atoms with van der Waals surface area (Å²) in [6, 6.07) is 6.40. The molecular formula is C21H24FN5O2. The molecule has 0 unspecified atom stereocenters. The lowest BCUT2D eigenvalue weighted by atomic mass is 10.1. The van der Waals surface area contributed by atoms with Crippen molar-refractivity contribution in [1.82, 2.24) is 19.8 Å².